The zero-order valence-electron chi connectivity index (χ0n) is 11.5. The predicted molar refractivity (Wildman–Crippen MR) is 96.9 cm³/mol. The number of nitrogens with two attached hydrogens (primary N) is 2. The number of hydrogen-bond acceptors (Lipinski definition) is 6. The summed E-state index contributed by atoms with van der Waals surface area (Å²) in [6.45, 7) is 0. The van der Waals surface area contributed by atoms with Crippen molar-refractivity contribution in [2.45, 2.75) is 21.3 Å². The lowest BCUT2D eigenvalue weighted by Gasteiger charge is -2.07. The summed E-state index contributed by atoms with van der Waals surface area (Å²) in [6.07, 6.45) is 0. The lowest BCUT2D eigenvalue weighted by atomic mass is 10.2. The number of anilines is 2. The van der Waals surface area contributed by atoms with Gasteiger partial charge >= 0.3 is 23.3 Å². The highest BCUT2D eigenvalue weighted by Gasteiger charge is 2.10. The average molecular weight is 371 g/mol. The molecule has 2 rings (SSSR count). The molecule has 0 saturated heterocycles. The molecule has 0 atom stereocenters. The van der Waals surface area contributed by atoms with Crippen molar-refractivity contribution in [3.05, 3.63) is 47.5 Å². The summed E-state index contributed by atoms with van der Waals surface area (Å²) in [4.78, 5) is 1.87. The minimum atomic E-state index is 0.411. The van der Waals surface area contributed by atoms with Crippen LogP contribution in [-0.4, -0.2) is 0 Å². The highest BCUT2D eigenvalue weighted by atomic mass is 33.1. The monoisotopic (exact) mass is 370 g/mol. The van der Waals surface area contributed by atoms with E-state index in [0.29, 0.717) is 46.2 Å². The van der Waals surface area contributed by atoms with Crippen molar-refractivity contribution in [1.29, 1.82) is 0 Å². The quantitative estimate of drug-likeness (QED) is 0.441. The fourth-order valence-corrected chi connectivity index (χ4v) is 4.57. The van der Waals surface area contributed by atoms with Gasteiger partial charge < -0.3 is 11.5 Å². The summed E-state index contributed by atoms with van der Waals surface area (Å²) in [7, 11) is 3.04. The highest BCUT2D eigenvalue weighted by Crippen LogP contribution is 2.42. The fraction of sp³-hybridized carbons (Fsp3) is 0.143. The zero-order valence-corrected chi connectivity index (χ0v) is 14.7. The normalized spacial score (nSPS) is 10.4. The molecule has 2 aromatic carbocycles. The Balaban J connectivity index is 2.06. The molecule has 0 heterocycles. The van der Waals surface area contributed by atoms with Gasteiger partial charge in [-0.3, -0.25) is 0 Å². The van der Waals surface area contributed by atoms with Crippen LogP contribution in [0.1, 0.15) is 11.1 Å². The maximum atomic E-state index is 10.5. The van der Waals surface area contributed by atoms with Gasteiger partial charge in [0.15, 0.2) is 0 Å². The lowest BCUT2D eigenvalue weighted by Crippen LogP contribution is -1.92. The lowest BCUT2D eigenvalue weighted by molar-refractivity contribution is 0.603. The van der Waals surface area contributed by atoms with Crippen LogP contribution in [0.4, 0.5) is 11.4 Å². The summed E-state index contributed by atoms with van der Waals surface area (Å²) in [5.74, 6) is 0.822. The van der Waals surface area contributed by atoms with Crippen LogP contribution in [-0.2, 0) is 43.3 Å². The van der Waals surface area contributed by atoms with Crippen molar-refractivity contribution in [1.82, 2.24) is 0 Å². The van der Waals surface area contributed by atoms with Gasteiger partial charge in [0, 0.05) is 40.7 Å². The summed E-state index contributed by atoms with van der Waals surface area (Å²) < 4.78 is 21.1. The van der Waals surface area contributed by atoms with Crippen LogP contribution in [0, 0.1) is 0 Å². The molecule has 0 saturated carbocycles. The summed E-state index contributed by atoms with van der Waals surface area (Å²) in [5.41, 5.74) is 15.2. The first kappa shape index (κ1) is 17.1. The molecule has 0 amide bonds. The molecule has 114 valence electrons. The molecule has 0 aliphatic rings. The fourth-order valence-electron chi connectivity index (χ4n) is 1.75. The van der Waals surface area contributed by atoms with Gasteiger partial charge in [0.1, 0.15) is 0 Å². The van der Waals surface area contributed by atoms with Gasteiger partial charge in [0.2, 0.25) is 0 Å². The van der Waals surface area contributed by atoms with Crippen LogP contribution in [0.2, 0.25) is 0 Å². The molecular formula is C14H14N2O2S4+2. The van der Waals surface area contributed by atoms with E-state index in [0.717, 1.165) is 20.9 Å². The van der Waals surface area contributed by atoms with Gasteiger partial charge in [-0.05, 0) is 24.3 Å². The third-order valence-corrected chi connectivity index (χ3v) is 6.24. The van der Waals surface area contributed by atoms with Gasteiger partial charge in [0.05, 0.1) is 0 Å². The first-order valence-corrected chi connectivity index (χ1v) is 10.2. The van der Waals surface area contributed by atoms with Gasteiger partial charge in [0.25, 0.3) is 11.5 Å². The van der Waals surface area contributed by atoms with Crippen molar-refractivity contribution < 1.29 is 8.42 Å². The highest BCUT2D eigenvalue weighted by molar-refractivity contribution is 8.76. The Morgan fingerprint density at radius 3 is 1.50 bits per heavy atom. The van der Waals surface area contributed by atoms with Crippen LogP contribution >= 0.6 is 21.6 Å². The van der Waals surface area contributed by atoms with Crippen LogP contribution in [0.15, 0.2) is 46.2 Å². The molecule has 0 aromatic heterocycles. The van der Waals surface area contributed by atoms with Gasteiger partial charge in [-0.15, -0.1) is 0 Å². The molecule has 0 aliphatic heterocycles. The maximum Gasteiger partial charge on any atom is 0.463 e. The predicted octanol–water partition coefficient (Wildman–Crippen LogP) is 3.51. The molecule has 0 unspecified atom stereocenters. The van der Waals surface area contributed by atoms with E-state index in [4.69, 9.17) is 11.5 Å². The number of hydrogen-bond donors (Lipinski definition) is 2. The number of rotatable bonds is 7. The first-order valence-electron chi connectivity index (χ1n) is 6.25. The second-order valence-electron chi connectivity index (χ2n) is 4.44. The molecule has 0 spiro atoms. The Hall–Kier alpha value is -1.22. The second-order valence-corrected chi connectivity index (χ2v) is 7.70. The van der Waals surface area contributed by atoms with Crippen molar-refractivity contribution in [3.63, 3.8) is 0 Å². The molecular weight excluding hydrogens is 356 g/mol. The molecule has 4 nitrogen and oxygen atoms in total. The molecule has 0 fully saturated rings. The topological polar surface area (TPSA) is 86.2 Å². The van der Waals surface area contributed by atoms with Gasteiger partial charge in [-0.25, -0.2) is 0 Å². The molecule has 22 heavy (non-hydrogen) atoms. The number of nitrogen functional groups attached to an aromatic ring is 2. The van der Waals surface area contributed by atoms with Crippen molar-refractivity contribution in [2.24, 2.45) is 0 Å². The second kappa shape index (κ2) is 8.42. The molecule has 0 bridgehead atoms. The van der Waals surface area contributed by atoms with E-state index >= 15 is 0 Å². The van der Waals surface area contributed by atoms with Crippen molar-refractivity contribution >= 4 is 56.3 Å². The Bertz CT molecular complexity index is 635. The van der Waals surface area contributed by atoms with E-state index in [9.17, 15) is 8.42 Å². The van der Waals surface area contributed by atoms with E-state index < -0.39 is 0 Å². The number of benzene rings is 2. The molecule has 4 N–H and O–H groups in total. The van der Waals surface area contributed by atoms with E-state index in [1.54, 1.807) is 0 Å². The summed E-state index contributed by atoms with van der Waals surface area (Å²) >= 11 is 1.06. The standard InChI is InChI=1S/C14H14N2O2S4/c15-11-5-9(7-19-17)1-3-13(11)21-22-14-4-2-10(8-20-18)6-12(14)16/h1-6H,7-8,15-16H2/q+2. The third kappa shape index (κ3) is 4.64. The SMILES string of the molecule is Nc1cc(C[S+]=O)ccc1SSc1ccc(C[S+]=O)cc1N. The van der Waals surface area contributed by atoms with E-state index in [-0.39, 0.29) is 0 Å². The van der Waals surface area contributed by atoms with Crippen molar-refractivity contribution in [2.75, 3.05) is 11.5 Å². The molecule has 2 aromatic rings. The Kier molecular flexibility index (Phi) is 6.56. The third-order valence-electron chi connectivity index (χ3n) is 2.82. The average Bonchev–Trinajstić information content (AvgIpc) is 2.49. The Labute approximate surface area is 144 Å². The summed E-state index contributed by atoms with van der Waals surface area (Å²) in [6, 6.07) is 11.3. The van der Waals surface area contributed by atoms with Gasteiger partial charge in [-0.2, -0.15) is 0 Å². The van der Waals surface area contributed by atoms with E-state index in [1.807, 2.05) is 36.4 Å². The molecule has 0 aliphatic carbocycles. The Morgan fingerprint density at radius 2 is 1.18 bits per heavy atom. The Morgan fingerprint density at radius 1 is 0.773 bits per heavy atom. The summed E-state index contributed by atoms with van der Waals surface area (Å²) in [5, 5.41) is 0. The van der Waals surface area contributed by atoms with Crippen LogP contribution < -0.4 is 11.5 Å². The molecule has 8 heteroatoms. The van der Waals surface area contributed by atoms with Crippen LogP contribution in [0.25, 0.3) is 0 Å². The minimum Gasteiger partial charge on any atom is -0.398 e. The van der Waals surface area contributed by atoms with E-state index in [1.165, 1.54) is 21.6 Å². The molecule has 0 radical (unpaired) electrons. The first-order chi connectivity index (χ1) is 10.6. The van der Waals surface area contributed by atoms with Crippen molar-refractivity contribution in [3.8, 4) is 0 Å². The zero-order chi connectivity index (χ0) is 15.9. The van der Waals surface area contributed by atoms with Crippen LogP contribution in [0.3, 0.4) is 0 Å². The largest absolute Gasteiger partial charge is 0.463 e. The van der Waals surface area contributed by atoms with Gasteiger partial charge in [-0.1, -0.05) is 33.7 Å². The van der Waals surface area contributed by atoms with Crippen LogP contribution in [0.5, 0.6) is 0 Å². The minimum absolute atomic E-state index is 0.411. The maximum absolute atomic E-state index is 10.5. The smallest absolute Gasteiger partial charge is 0.398 e. The van der Waals surface area contributed by atoms with E-state index in [2.05, 4.69) is 0 Å².